The Morgan fingerprint density at radius 1 is 1.16 bits per heavy atom. The van der Waals surface area contributed by atoms with Gasteiger partial charge >= 0.3 is 5.97 Å². The molecule has 0 spiro atoms. The zero-order valence-electron chi connectivity index (χ0n) is 16.8. The van der Waals surface area contributed by atoms with Crippen LogP contribution in [0.3, 0.4) is 0 Å². The number of hydrogen-bond donors (Lipinski definition) is 3. The predicted octanol–water partition coefficient (Wildman–Crippen LogP) is 2.82. The van der Waals surface area contributed by atoms with Gasteiger partial charge in [0.15, 0.2) is 5.82 Å². The van der Waals surface area contributed by atoms with Crippen LogP contribution >= 0.6 is 0 Å². The smallest absolute Gasteiger partial charge is 0.339 e. The maximum atomic E-state index is 13.0. The summed E-state index contributed by atoms with van der Waals surface area (Å²) in [7, 11) is 0. The van der Waals surface area contributed by atoms with Crippen LogP contribution in [0, 0.1) is 12.7 Å². The number of nitrogens with zero attached hydrogens (tertiary/aromatic N) is 6. The molecule has 0 aliphatic heterocycles. The molecule has 5 aromatic rings. The Kier molecular flexibility index (Phi) is 5.53. The van der Waals surface area contributed by atoms with Gasteiger partial charge in [-0.1, -0.05) is 24.3 Å². The third-order valence-electron chi connectivity index (χ3n) is 4.64. The highest BCUT2D eigenvalue weighted by Gasteiger charge is 2.11. The number of benzene rings is 2. The summed E-state index contributed by atoms with van der Waals surface area (Å²) < 4.78 is 14.6. The molecule has 0 bridgehead atoms. The van der Waals surface area contributed by atoms with Crippen molar-refractivity contribution in [2.45, 2.75) is 6.92 Å². The fourth-order valence-electron chi connectivity index (χ4n) is 3.10. The van der Waals surface area contributed by atoms with E-state index >= 15 is 0 Å². The van der Waals surface area contributed by atoms with Gasteiger partial charge in [0.25, 0.3) is 0 Å². The molecule has 0 unspecified atom stereocenters. The Morgan fingerprint density at radius 2 is 1.97 bits per heavy atom. The van der Waals surface area contributed by atoms with Crippen LogP contribution in [-0.4, -0.2) is 46.3 Å². The highest BCUT2D eigenvalue weighted by atomic mass is 19.1. The lowest BCUT2D eigenvalue weighted by Crippen LogP contribution is -2.04. The van der Waals surface area contributed by atoms with E-state index in [2.05, 4.69) is 30.6 Å². The number of aromatic carboxylic acids is 1. The number of carboxylic acid groups (broad SMARTS) is 1. The number of rotatable bonds is 3. The van der Waals surface area contributed by atoms with E-state index < -0.39 is 5.97 Å². The molecule has 160 valence electrons. The summed E-state index contributed by atoms with van der Waals surface area (Å²) in [6, 6.07) is 13.6. The normalized spacial score (nSPS) is 10.6. The first-order chi connectivity index (χ1) is 15.4. The van der Waals surface area contributed by atoms with Gasteiger partial charge in [0, 0.05) is 28.9 Å². The van der Waals surface area contributed by atoms with Gasteiger partial charge in [0.05, 0.1) is 16.8 Å². The molecule has 0 saturated carbocycles. The number of carbonyl (C=O) groups is 1. The number of aryl methyl sites for hydroxylation is 1. The van der Waals surface area contributed by atoms with E-state index in [1.165, 1.54) is 18.3 Å². The summed E-state index contributed by atoms with van der Waals surface area (Å²) in [5.74, 6) is 5.18. The Bertz CT molecular complexity index is 1400. The molecule has 0 atom stereocenters. The highest BCUT2D eigenvalue weighted by molar-refractivity contribution is 5.93. The molecule has 3 heterocycles. The number of tetrazole rings is 1. The Morgan fingerprint density at radius 3 is 2.66 bits per heavy atom. The van der Waals surface area contributed by atoms with Crippen LogP contribution in [0.15, 0.2) is 60.9 Å². The first-order valence-corrected chi connectivity index (χ1v) is 9.36. The van der Waals surface area contributed by atoms with Crippen molar-refractivity contribution in [1.82, 2.24) is 35.3 Å². The van der Waals surface area contributed by atoms with Crippen LogP contribution in [0.25, 0.3) is 33.7 Å². The number of nitrogens with two attached hydrogens (primary N) is 1. The second kappa shape index (κ2) is 8.60. The lowest BCUT2D eigenvalue weighted by atomic mass is 10.1. The van der Waals surface area contributed by atoms with Crippen LogP contribution in [0.4, 0.5) is 4.39 Å². The summed E-state index contributed by atoms with van der Waals surface area (Å²) in [5, 5.41) is 23.7. The van der Waals surface area contributed by atoms with Gasteiger partial charge in [0.2, 0.25) is 5.82 Å². The SMILES string of the molecule is Cc1nc(-c2cccc(F)c2)ncc1C(=O)O.Nn1ccc2c(-c3nn[nH]n3)cccc21. The van der Waals surface area contributed by atoms with Gasteiger partial charge in [-0.15, -0.1) is 10.2 Å². The quantitative estimate of drug-likeness (QED) is 0.369. The molecule has 3 aromatic heterocycles. The van der Waals surface area contributed by atoms with E-state index in [4.69, 9.17) is 10.9 Å². The number of aromatic nitrogens is 7. The van der Waals surface area contributed by atoms with Crippen molar-refractivity contribution in [2.24, 2.45) is 0 Å². The van der Waals surface area contributed by atoms with Gasteiger partial charge in [-0.05, 0) is 36.4 Å². The zero-order valence-corrected chi connectivity index (χ0v) is 16.8. The van der Waals surface area contributed by atoms with Crippen LogP contribution in [0.2, 0.25) is 0 Å². The second-order valence-corrected chi connectivity index (χ2v) is 6.70. The van der Waals surface area contributed by atoms with Gasteiger partial charge in [-0.2, -0.15) is 5.21 Å². The van der Waals surface area contributed by atoms with Gasteiger partial charge in [-0.25, -0.2) is 19.2 Å². The molecular weight excluding hydrogens is 415 g/mol. The van der Waals surface area contributed by atoms with Crippen LogP contribution < -0.4 is 5.84 Å². The summed E-state index contributed by atoms with van der Waals surface area (Å²) in [6.45, 7) is 1.58. The Balaban J connectivity index is 0.000000154. The zero-order chi connectivity index (χ0) is 22.7. The fourth-order valence-corrected chi connectivity index (χ4v) is 3.10. The second-order valence-electron chi connectivity index (χ2n) is 6.70. The van der Waals surface area contributed by atoms with E-state index in [9.17, 15) is 9.18 Å². The minimum atomic E-state index is -1.08. The minimum Gasteiger partial charge on any atom is -0.478 e. The van der Waals surface area contributed by atoms with Crippen LogP contribution in [-0.2, 0) is 0 Å². The third kappa shape index (κ3) is 4.12. The molecular formula is C21H17FN8O2. The van der Waals surface area contributed by atoms with Crippen molar-refractivity contribution in [3.05, 3.63) is 78.0 Å². The molecule has 0 amide bonds. The van der Waals surface area contributed by atoms with Gasteiger partial charge < -0.3 is 10.9 Å². The van der Waals surface area contributed by atoms with Crippen LogP contribution in [0.1, 0.15) is 16.1 Å². The minimum absolute atomic E-state index is 0.0464. The average molecular weight is 432 g/mol. The summed E-state index contributed by atoms with van der Waals surface area (Å²) in [6.07, 6.45) is 3.03. The monoisotopic (exact) mass is 432 g/mol. The molecule has 10 nitrogen and oxygen atoms in total. The van der Waals surface area contributed by atoms with Gasteiger partial charge in [0.1, 0.15) is 5.82 Å². The number of nitrogen functional groups attached to an aromatic ring is 1. The van der Waals surface area contributed by atoms with E-state index in [1.807, 2.05) is 24.3 Å². The molecule has 32 heavy (non-hydrogen) atoms. The third-order valence-corrected chi connectivity index (χ3v) is 4.64. The maximum absolute atomic E-state index is 13.0. The standard InChI is InChI=1S/C12H9FN2O2.C9H8N6/c1-7-10(12(16)17)6-14-11(15-7)8-3-2-4-9(13)5-8;10-15-5-4-6-7(2-1-3-8(6)15)9-11-13-14-12-9/h2-6H,1H3,(H,16,17);1-5H,10H2,(H,11,12,13,14). The molecule has 2 aromatic carbocycles. The van der Waals surface area contributed by atoms with Crippen molar-refractivity contribution < 1.29 is 14.3 Å². The first kappa shape index (κ1) is 20.6. The lowest BCUT2D eigenvalue weighted by molar-refractivity contribution is 0.0695. The number of halogens is 1. The molecule has 0 aliphatic carbocycles. The number of H-pyrrole nitrogens is 1. The van der Waals surface area contributed by atoms with E-state index in [0.29, 0.717) is 22.9 Å². The lowest BCUT2D eigenvalue weighted by Gasteiger charge is -2.03. The Hall–Kier alpha value is -4.67. The number of fused-ring (bicyclic) bond motifs is 1. The topological polar surface area (TPSA) is 148 Å². The summed E-state index contributed by atoms with van der Waals surface area (Å²) in [4.78, 5) is 18.7. The predicted molar refractivity (Wildman–Crippen MR) is 114 cm³/mol. The summed E-state index contributed by atoms with van der Waals surface area (Å²) in [5.41, 5.74) is 2.78. The molecule has 0 saturated heterocycles. The first-order valence-electron chi connectivity index (χ1n) is 9.36. The highest BCUT2D eigenvalue weighted by Crippen LogP contribution is 2.25. The van der Waals surface area contributed by atoms with Gasteiger partial charge in [-0.3, -0.25) is 4.68 Å². The number of hydrogen-bond acceptors (Lipinski definition) is 7. The molecule has 0 fully saturated rings. The molecule has 11 heteroatoms. The number of aromatic amines is 1. The fraction of sp³-hybridized carbons (Fsp3) is 0.0476. The number of nitrogens with one attached hydrogen (secondary N) is 1. The summed E-state index contributed by atoms with van der Waals surface area (Å²) >= 11 is 0. The van der Waals surface area contributed by atoms with E-state index in [0.717, 1.165) is 16.5 Å². The van der Waals surface area contributed by atoms with Crippen molar-refractivity contribution in [2.75, 3.05) is 5.84 Å². The Labute approximate surface area is 180 Å². The van der Waals surface area contributed by atoms with E-state index in [-0.39, 0.29) is 11.4 Å². The number of carboxylic acids is 1. The van der Waals surface area contributed by atoms with Crippen molar-refractivity contribution in [3.63, 3.8) is 0 Å². The molecule has 0 radical (unpaired) electrons. The maximum Gasteiger partial charge on any atom is 0.339 e. The van der Waals surface area contributed by atoms with Crippen LogP contribution in [0.5, 0.6) is 0 Å². The van der Waals surface area contributed by atoms with Crippen molar-refractivity contribution >= 4 is 16.9 Å². The largest absolute Gasteiger partial charge is 0.478 e. The molecule has 4 N–H and O–H groups in total. The van der Waals surface area contributed by atoms with E-state index in [1.54, 1.807) is 29.9 Å². The van der Waals surface area contributed by atoms with Crippen molar-refractivity contribution in [1.29, 1.82) is 0 Å². The van der Waals surface area contributed by atoms with Crippen molar-refractivity contribution in [3.8, 4) is 22.8 Å². The molecule has 0 aliphatic rings. The molecule has 5 rings (SSSR count). The average Bonchev–Trinajstić information content (AvgIpc) is 3.44.